The molecule has 68 heavy (non-hydrogen) atoms. The van der Waals surface area contributed by atoms with E-state index in [1.54, 1.807) is 0 Å². The number of hydrogen-bond donors (Lipinski definition) is 0. The smallest absolute Gasteiger partial charge is 0.135 e. The summed E-state index contributed by atoms with van der Waals surface area (Å²) in [6.45, 7) is 21.3. The molecule has 5 nitrogen and oxygen atoms in total. The minimum Gasteiger partial charge on any atom is -0.509 e. The van der Waals surface area contributed by atoms with Crippen molar-refractivity contribution in [3.05, 3.63) is 205 Å². The fourth-order valence-electron chi connectivity index (χ4n) is 9.51. The predicted molar refractivity (Wildman–Crippen MR) is 280 cm³/mol. The molecule has 0 unspecified atom stereocenters. The largest absolute Gasteiger partial charge is 0.509 e. The molecule has 0 amide bonds. The van der Waals surface area contributed by atoms with E-state index in [0.717, 1.165) is 58.4 Å². The van der Waals surface area contributed by atoms with Crippen molar-refractivity contribution < 1.29 is 25.8 Å². The zero-order chi connectivity index (χ0) is 46.5. The maximum atomic E-state index is 6.67. The molecule has 2 aromatic heterocycles. The van der Waals surface area contributed by atoms with E-state index < -0.39 is 0 Å². The molecule has 7 aromatic carbocycles. The van der Waals surface area contributed by atoms with Gasteiger partial charge in [0, 0.05) is 61.2 Å². The van der Waals surface area contributed by atoms with Crippen LogP contribution in [0.3, 0.4) is 0 Å². The van der Waals surface area contributed by atoms with Crippen molar-refractivity contribution in [2.45, 2.75) is 79.1 Å². The van der Waals surface area contributed by atoms with E-state index in [9.17, 15) is 0 Å². The summed E-state index contributed by atoms with van der Waals surface area (Å²) in [4.78, 5) is 9.72. The topological polar surface area (TPSA) is 33.5 Å². The van der Waals surface area contributed by atoms with E-state index in [4.69, 9.17) is 9.72 Å². The zero-order valence-electron chi connectivity index (χ0n) is 40.4. The molecule has 0 saturated carbocycles. The van der Waals surface area contributed by atoms with E-state index in [1.165, 1.54) is 50.2 Å². The fourth-order valence-corrected chi connectivity index (χ4v) is 9.51. The maximum Gasteiger partial charge on any atom is 0.135 e. The molecule has 346 valence electrons. The van der Waals surface area contributed by atoms with Crippen LogP contribution in [0, 0.1) is 24.7 Å². The molecule has 1 aliphatic heterocycles. The van der Waals surface area contributed by atoms with Gasteiger partial charge in [-0.25, -0.2) is 4.98 Å². The number of fused-ring (bicyclic) bond motifs is 4. The van der Waals surface area contributed by atoms with Crippen LogP contribution in [0.4, 0.5) is 17.1 Å². The second kappa shape index (κ2) is 18.9. The van der Waals surface area contributed by atoms with Crippen LogP contribution in [0.25, 0.3) is 49.9 Å². The summed E-state index contributed by atoms with van der Waals surface area (Å²) in [6, 6.07) is 63.7. The summed E-state index contributed by atoms with van der Waals surface area (Å²) in [5.74, 6) is 2.58. The third-order valence-corrected chi connectivity index (χ3v) is 13.0. The average Bonchev–Trinajstić information content (AvgIpc) is 3.86. The van der Waals surface area contributed by atoms with Gasteiger partial charge in [0.05, 0.1) is 0 Å². The van der Waals surface area contributed by atoms with Crippen molar-refractivity contribution in [1.29, 1.82) is 0 Å². The van der Waals surface area contributed by atoms with Crippen LogP contribution in [-0.4, -0.2) is 16.1 Å². The summed E-state index contributed by atoms with van der Waals surface area (Å²) < 4.78 is 8.90. The van der Waals surface area contributed by atoms with Gasteiger partial charge < -0.3 is 19.1 Å². The van der Waals surface area contributed by atoms with Crippen LogP contribution in [0.1, 0.15) is 77.6 Å². The van der Waals surface area contributed by atoms with Crippen molar-refractivity contribution >= 4 is 38.9 Å². The number of anilines is 3. The van der Waals surface area contributed by atoms with E-state index in [1.807, 2.05) is 24.4 Å². The summed E-state index contributed by atoms with van der Waals surface area (Å²) in [5, 5.41) is 2.24. The number of hydrogen-bond acceptors (Lipinski definition) is 4. The van der Waals surface area contributed by atoms with Crippen LogP contribution in [-0.2, 0) is 44.7 Å². The van der Waals surface area contributed by atoms with Crippen molar-refractivity contribution in [1.82, 2.24) is 9.55 Å². The Morgan fingerprint density at radius 2 is 1.29 bits per heavy atom. The Morgan fingerprint density at radius 1 is 0.603 bits per heavy atom. The number of benzene rings is 7. The summed E-state index contributed by atoms with van der Waals surface area (Å²) in [5.41, 5.74) is 15.5. The average molecular weight is 1070 g/mol. The SMILES string of the molecule is CC(C)Cc1cc(-n2c3[c-]c(Oc4[c-]c(N5[CH-]N(CCc6cc(C(C)(C)C)ccc6-c6cccc(C(C)(C)C)c6)c6ccccc65)ccc4)ccc3c3ccccc32)ncc1-c1ccccc1.[Pt]. The first kappa shape index (κ1) is 46.7. The number of nitrogens with zero attached hydrogens (tertiary/aromatic N) is 4. The van der Waals surface area contributed by atoms with Gasteiger partial charge >= 0.3 is 0 Å². The second-order valence-electron chi connectivity index (χ2n) is 20.5. The van der Waals surface area contributed by atoms with E-state index in [2.05, 4.69) is 228 Å². The molecule has 0 radical (unpaired) electrons. The van der Waals surface area contributed by atoms with Gasteiger partial charge in [-0.3, -0.25) is 0 Å². The molecule has 0 N–H and O–H groups in total. The number of ether oxygens (including phenoxy) is 1. The summed E-state index contributed by atoms with van der Waals surface area (Å²) in [6.07, 6.45) is 3.86. The molecular weight excluding hydrogens is 1010 g/mol. The molecule has 0 spiro atoms. The number of pyridine rings is 1. The second-order valence-corrected chi connectivity index (χ2v) is 20.5. The zero-order valence-corrected chi connectivity index (χ0v) is 42.7. The fraction of sp³-hybridized carbons (Fsp3) is 0.226. The molecule has 6 heteroatoms. The molecule has 9 aromatic rings. The Balaban J connectivity index is 0.00000578. The Hall–Kier alpha value is -6.42. The molecule has 0 fully saturated rings. The molecular formula is C62H59N4OPt-3. The molecule has 3 heterocycles. The normalized spacial score (nSPS) is 12.8. The Morgan fingerprint density at radius 3 is 2.07 bits per heavy atom. The van der Waals surface area contributed by atoms with E-state index in [-0.39, 0.29) is 31.9 Å². The van der Waals surface area contributed by atoms with E-state index >= 15 is 0 Å². The monoisotopic (exact) mass is 1070 g/mol. The Kier molecular flexibility index (Phi) is 13.0. The van der Waals surface area contributed by atoms with Gasteiger partial charge in [-0.05, 0) is 105 Å². The Bertz CT molecular complexity index is 3250. The molecule has 0 aliphatic carbocycles. The first-order chi connectivity index (χ1) is 32.3. The molecule has 0 saturated heterocycles. The predicted octanol–water partition coefficient (Wildman–Crippen LogP) is 16.0. The first-order valence-corrected chi connectivity index (χ1v) is 23.7. The third kappa shape index (κ3) is 9.39. The van der Waals surface area contributed by atoms with E-state index in [0.29, 0.717) is 17.4 Å². The quantitative estimate of drug-likeness (QED) is 0.121. The number of aromatic nitrogens is 2. The van der Waals surface area contributed by atoms with Crippen LogP contribution in [0.15, 0.2) is 164 Å². The van der Waals surface area contributed by atoms with Crippen LogP contribution in [0.2, 0.25) is 0 Å². The van der Waals surface area contributed by atoms with Crippen LogP contribution in [0.5, 0.6) is 11.5 Å². The van der Waals surface area contributed by atoms with Gasteiger partial charge in [-0.2, -0.15) is 18.8 Å². The van der Waals surface area contributed by atoms with Crippen molar-refractivity contribution in [2.75, 3.05) is 16.3 Å². The van der Waals surface area contributed by atoms with Crippen molar-refractivity contribution in [3.8, 4) is 39.6 Å². The van der Waals surface area contributed by atoms with Gasteiger partial charge in [-0.1, -0.05) is 164 Å². The molecule has 1 aliphatic rings. The van der Waals surface area contributed by atoms with Gasteiger partial charge in [-0.15, -0.1) is 41.4 Å². The molecule has 10 rings (SSSR count). The van der Waals surface area contributed by atoms with Gasteiger partial charge in [0.15, 0.2) is 0 Å². The molecule has 0 bridgehead atoms. The third-order valence-electron chi connectivity index (χ3n) is 13.0. The summed E-state index contributed by atoms with van der Waals surface area (Å²) in [7, 11) is 0. The number of rotatable bonds is 11. The van der Waals surface area contributed by atoms with Crippen molar-refractivity contribution in [2.24, 2.45) is 5.92 Å². The minimum absolute atomic E-state index is 0. The minimum atomic E-state index is 0. The van der Waals surface area contributed by atoms with Gasteiger partial charge in [0.1, 0.15) is 5.82 Å². The summed E-state index contributed by atoms with van der Waals surface area (Å²) >= 11 is 0. The van der Waals surface area contributed by atoms with Crippen LogP contribution >= 0.6 is 0 Å². The first-order valence-electron chi connectivity index (χ1n) is 23.7. The van der Waals surface area contributed by atoms with Gasteiger partial charge in [0.2, 0.25) is 0 Å². The molecule has 0 atom stereocenters. The maximum absolute atomic E-state index is 6.67. The van der Waals surface area contributed by atoms with Crippen LogP contribution < -0.4 is 14.5 Å². The van der Waals surface area contributed by atoms with Gasteiger partial charge in [0.25, 0.3) is 0 Å². The Labute approximate surface area is 417 Å². The van der Waals surface area contributed by atoms with Crippen molar-refractivity contribution in [3.63, 3.8) is 0 Å². The standard InChI is InChI=1S/C62H59N4O.Pt/c1-42(2)34-46-37-60(63-40-55(46)43-18-10-9-11-19-43)66-56-25-13-12-24-53(56)54-31-29-51(39-59(54)66)67-50-23-17-22-49(38-50)65-41-64(57-26-14-15-27-58(57)65)33-32-45-36-48(62(6,7)8)28-30-52(45)44-20-16-21-47(35-44)61(3,4)5;/h9-31,35-37,40-42H,32-34H2,1-8H3;/q-3;. The number of para-hydroxylation sites is 3.